The molecular weight excluding hydrogens is 212 g/mol. The van der Waals surface area contributed by atoms with Gasteiger partial charge < -0.3 is 10.5 Å². The van der Waals surface area contributed by atoms with Crippen molar-refractivity contribution >= 4 is 17.9 Å². The zero-order valence-electron chi connectivity index (χ0n) is 9.78. The summed E-state index contributed by atoms with van der Waals surface area (Å²) in [5.74, 6) is -1.37. The van der Waals surface area contributed by atoms with E-state index in [0.29, 0.717) is 6.42 Å². The van der Waals surface area contributed by atoms with Crippen LogP contribution in [0.2, 0.25) is 0 Å². The Morgan fingerprint density at radius 1 is 1.31 bits per heavy atom. The number of urea groups is 1. The van der Waals surface area contributed by atoms with Crippen LogP contribution in [-0.2, 0) is 14.3 Å². The molecule has 0 rings (SSSR count). The van der Waals surface area contributed by atoms with Gasteiger partial charge in [-0.15, -0.1) is 0 Å². The number of nitrogens with two attached hydrogens (primary N) is 1. The number of imide groups is 1. The third kappa shape index (κ3) is 5.33. The summed E-state index contributed by atoms with van der Waals surface area (Å²) >= 11 is 0. The predicted molar refractivity (Wildman–Crippen MR) is 57.4 cm³/mol. The summed E-state index contributed by atoms with van der Waals surface area (Å²) in [6.07, 6.45) is -0.0970. The minimum Gasteiger partial charge on any atom is -0.452 e. The van der Waals surface area contributed by atoms with E-state index in [0.717, 1.165) is 0 Å². The first-order valence-corrected chi connectivity index (χ1v) is 5.18. The number of amides is 3. The molecule has 3 N–H and O–H groups in total. The van der Waals surface area contributed by atoms with Crippen LogP contribution < -0.4 is 11.1 Å². The molecule has 16 heavy (non-hydrogen) atoms. The van der Waals surface area contributed by atoms with Gasteiger partial charge in [-0.1, -0.05) is 20.8 Å². The van der Waals surface area contributed by atoms with Gasteiger partial charge >= 0.3 is 12.0 Å². The summed E-state index contributed by atoms with van der Waals surface area (Å²) in [5.41, 5.74) is 4.81. The molecule has 0 aliphatic heterocycles. The van der Waals surface area contributed by atoms with E-state index in [9.17, 15) is 14.4 Å². The Bertz CT molecular complexity index is 276. The van der Waals surface area contributed by atoms with Gasteiger partial charge in [0, 0.05) is 6.42 Å². The number of hydrogen-bond donors (Lipinski definition) is 2. The number of rotatable bonds is 5. The number of nitrogens with one attached hydrogen (secondary N) is 1. The molecule has 0 aromatic heterocycles. The van der Waals surface area contributed by atoms with E-state index in [-0.39, 0.29) is 12.3 Å². The fourth-order valence-electron chi connectivity index (χ4n) is 1.09. The quantitative estimate of drug-likeness (QED) is 0.674. The summed E-state index contributed by atoms with van der Waals surface area (Å²) in [6.45, 7) is 5.25. The Morgan fingerprint density at radius 3 is 2.25 bits per heavy atom. The highest BCUT2D eigenvalue weighted by Crippen LogP contribution is 2.08. The van der Waals surface area contributed by atoms with Crippen molar-refractivity contribution in [1.29, 1.82) is 0 Å². The van der Waals surface area contributed by atoms with E-state index >= 15 is 0 Å². The van der Waals surface area contributed by atoms with Crippen LogP contribution in [0.25, 0.3) is 0 Å². The van der Waals surface area contributed by atoms with E-state index < -0.39 is 24.0 Å². The monoisotopic (exact) mass is 230 g/mol. The molecule has 0 aromatic rings. The van der Waals surface area contributed by atoms with Crippen molar-refractivity contribution < 1.29 is 19.1 Å². The van der Waals surface area contributed by atoms with Crippen LogP contribution >= 0.6 is 0 Å². The SMILES string of the molecule is CCCC(=O)O[C@@H](C(=O)NC(N)=O)C(C)C. The fraction of sp³-hybridized carbons (Fsp3) is 0.700. The van der Waals surface area contributed by atoms with Gasteiger partial charge in [0.2, 0.25) is 0 Å². The van der Waals surface area contributed by atoms with Crippen LogP contribution in [0.1, 0.15) is 33.6 Å². The highest BCUT2D eigenvalue weighted by atomic mass is 16.5. The molecule has 1 atom stereocenters. The summed E-state index contributed by atoms with van der Waals surface area (Å²) < 4.78 is 4.96. The molecule has 0 bridgehead atoms. The summed E-state index contributed by atoms with van der Waals surface area (Å²) in [5, 5.41) is 1.89. The lowest BCUT2D eigenvalue weighted by Gasteiger charge is -2.19. The minimum absolute atomic E-state index is 0.222. The Hall–Kier alpha value is -1.59. The van der Waals surface area contributed by atoms with Crippen LogP contribution in [-0.4, -0.2) is 24.0 Å². The molecule has 0 saturated heterocycles. The van der Waals surface area contributed by atoms with Gasteiger partial charge in [0.1, 0.15) is 0 Å². The van der Waals surface area contributed by atoms with Crippen molar-refractivity contribution in [3.8, 4) is 0 Å². The van der Waals surface area contributed by atoms with Gasteiger partial charge in [0.15, 0.2) is 6.10 Å². The number of esters is 1. The molecule has 0 heterocycles. The van der Waals surface area contributed by atoms with Gasteiger partial charge in [0.05, 0.1) is 0 Å². The van der Waals surface area contributed by atoms with Gasteiger partial charge in [-0.25, -0.2) is 4.79 Å². The van der Waals surface area contributed by atoms with Crippen molar-refractivity contribution in [2.75, 3.05) is 0 Å². The molecule has 0 aliphatic carbocycles. The van der Waals surface area contributed by atoms with E-state index in [1.807, 2.05) is 12.2 Å². The maximum Gasteiger partial charge on any atom is 0.318 e. The van der Waals surface area contributed by atoms with Crippen molar-refractivity contribution in [1.82, 2.24) is 5.32 Å². The number of hydrogen-bond acceptors (Lipinski definition) is 4. The first-order chi connectivity index (χ1) is 7.38. The molecule has 92 valence electrons. The molecule has 0 aliphatic rings. The molecule has 0 saturated carbocycles. The van der Waals surface area contributed by atoms with E-state index in [1.165, 1.54) is 0 Å². The van der Waals surface area contributed by atoms with Crippen LogP contribution in [0.4, 0.5) is 4.79 Å². The Labute approximate surface area is 94.5 Å². The fourth-order valence-corrected chi connectivity index (χ4v) is 1.09. The predicted octanol–water partition coefficient (Wildman–Crippen LogP) is 0.549. The third-order valence-corrected chi connectivity index (χ3v) is 1.82. The van der Waals surface area contributed by atoms with Gasteiger partial charge in [0.25, 0.3) is 5.91 Å². The van der Waals surface area contributed by atoms with Crippen LogP contribution in [0.3, 0.4) is 0 Å². The molecule has 0 unspecified atom stereocenters. The first-order valence-electron chi connectivity index (χ1n) is 5.18. The molecule has 0 spiro atoms. The first kappa shape index (κ1) is 14.4. The van der Waals surface area contributed by atoms with Gasteiger partial charge in [-0.3, -0.25) is 14.9 Å². The highest BCUT2D eigenvalue weighted by molar-refractivity contribution is 5.96. The van der Waals surface area contributed by atoms with Crippen molar-refractivity contribution in [3.05, 3.63) is 0 Å². The van der Waals surface area contributed by atoms with E-state index in [4.69, 9.17) is 10.5 Å². The Morgan fingerprint density at radius 2 is 1.88 bits per heavy atom. The molecule has 0 aromatic carbocycles. The lowest BCUT2D eigenvalue weighted by molar-refractivity contribution is -0.158. The minimum atomic E-state index is -0.980. The molecule has 0 radical (unpaired) electrons. The van der Waals surface area contributed by atoms with Crippen LogP contribution in [0, 0.1) is 5.92 Å². The zero-order valence-corrected chi connectivity index (χ0v) is 9.78. The maximum atomic E-state index is 11.4. The van der Waals surface area contributed by atoms with E-state index in [1.54, 1.807) is 13.8 Å². The maximum absolute atomic E-state index is 11.4. The Kier molecular flexibility index (Phi) is 6.14. The third-order valence-electron chi connectivity index (χ3n) is 1.82. The molecule has 6 heteroatoms. The van der Waals surface area contributed by atoms with Crippen molar-refractivity contribution in [2.24, 2.45) is 11.7 Å². The number of primary amides is 1. The molecule has 6 nitrogen and oxygen atoms in total. The second-order valence-electron chi connectivity index (χ2n) is 3.76. The van der Waals surface area contributed by atoms with Crippen molar-refractivity contribution in [3.63, 3.8) is 0 Å². The number of ether oxygens (including phenoxy) is 1. The molecule has 0 fully saturated rings. The summed E-state index contributed by atoms with van der Waals surface area (Å²) in [4.78, 5) is 33.2. The standard InChI is InChI=1S/C10H18N2O4/c1-4-5-7(13)16-8(6(2)3)9(14)12-10(11)15/h6,8H,4-5H2,1-3H3,(H3,11,12,14,15)/t8-/m1/s1. The second-order valence-corrected chi connectivity index (χ2v) is 3.76. The van der Waals surface area contributed by atoms with Crippen molar-refractivity contribution in [2.45, 2.75) is 39.7 Å². The van der Waals surface area contributed by atoms with Crippen LogP contribution in [0.5, 0.6) is 0 Å². The molecule has 3 amide bonds. The smallest absolute Gasteiger partial charge is 0.318 e. The van der Waals surface area contributed by atoms with Crippen LogP contribution in [0.15, 0.2) is 0 Å². The van der Waals surface area contributed by atoms with E-state index in [2.05, 4.69) is 0 Å². The largest absolute Gasteiger partial charge is 0.452 e. The second kappa shape index (κ2) is 6.81. The molecular formula is C10H18N2O4. The van der Waals surface area contributed by atoms with Gasteiger partial charge in [-0.05, 0) is 12.3 Å². The number of carbonyl (C=O) groups is 3. The lowest BCUT2D eigenvalue weighted by Crippen LogP contribution is -2.45. The average molecular weight is 230 g/mol. The normalized spacial score (nSPS) is 12.0. The lowest BCUT2D eigenvalue weighted by atomic mass is 10.1. The topological polar surface area (TPSA) is 98.5 Å². The highest BCUT2D eigenvalue weighted by Gasteiger charge is 2.26. The summed E-state index contributed by atoms with van der Waals surface area (Å²) in [6, 6.07) is -0.956. The average Bonchev–Trinajstić information content (AvgIpc) is 2.12. The summed E-state index contributed by atoms with van der Waals surface area (Å²) in [7, 11) is 0. The number of carbonyl (C=O) groups excluding carboxylic acids is 3. The zero-order chi connectivity index (χ0) is 12.7. The van der Waals surface area contributed by atoms with Gasteiger partial charge in [-0.2, -0.15) is 0 Å². The Balaban J connectivity index is 4.43.